The monoisotopic (exact) mass is 359 g/mol. The number of nitrogens with zero attached hydrogens (tertiary/aromatic N) is 3. The van der Waals surface area contributed by atoms with E-state index in [-0.39, 0.29) is 18.4 Å². The molecule has 0 aliphatic heterocycles. The topological polar surface area (TPSA) is 71.8 Å². The zero-order valence-corrected chi connectivity index (χ0v) is 14.7. The van der Waals surface area contributed by atoms with Crippen LogP contribution in [0.4, 0.5) is 14.3 Å². The van der Waals surface area contributed by atoms with Crippen LogP contribution in [0.25, 0.3) is 5.69 Å². The summed E-state index contributed by atoms with van der Waals surface area (Å²) in [5, 5.41) is 5.93. The lowest BCUT2D eigenvalue weighted by Gasteiger charge is -2.08. The Balaban J connectivity index is 1.57. The normalized spacial score (nSPS) is 10.9. The summed E-state index contributed by atoms with van der Waals surface area (Å²) in [5.74, 6) is -0.00713. The summed E-state index contributed by atoms with van der Waals surface area (Å²) < 4.78 is 15.8. The van der Waals surface area contributed by atoms with Crippen molar-refractivity contribution >= 4 is 22.5 Å². The van der Waals surface area contributed by atoms with Crippen LogP contribution in [-0.2, 0) is 6.54 Å². The average Bonchev–Trinajstić information content (AvgIpc) is 3.24. The van der Waals surface area contributed by atoms with Crippen molar-refractivity contribution in [2.24, 2.45) is 0 Å². The standard InChI is InChI=1S/C17H18FN5OS/c1-11(2)15-9-21-17(25-15)22-16(24)20-8-12-3-4-14(13(18)7-12)23-6-5-19-10-23/h3-7,9-11H,8H2,1-2H3,(H2,20,21,22,24). The van der Waals surface area contributed by atoms with Gasteiger partial charge in [0, 0.05) is 30.0 Å². The van der Waals surface area contributed by atoms with E-state index in [9.17, 15) is 9.18 Å². The summed E-state index contributed by atoms with van der Waals surface area (Å²) in [6.45, 7) is 4.36. The number of aromatic nitrogens is 3. The number of imidazole rings is 1. The highest BCUT2D eigenvalue weighted by Crippen LogP contribution is 2.25. The van der Waals surface area contributed by atoms with Gasteiger partial charge in [-0.25, -0.2) is 19.2 Å². The van der Waals surface area contributed by atoms with E-state index >= 15 is 0 Å². The van der Waals surface area contributed by atoms with E-state index in [2.05, 4.69) is 34.4 Å². The molecule has 0 spiro atoms. The Morgan fingerprint density at radius 3 is 2.88 bits per heavy atom. The Morgan fingerprint density at radius 1 is 1.40 bits per heavy atom. The summed E-state index contributed by atoms with van der Waals surface area (Å²) in [5.41, 5.74) is 1.08. The first-order chi connectivity index (χ1) is 12.0. The van der Waals surface area contributed by atoms with E-state index in [1.165, 1.54) is 23.7 Å². The molecule has 3 rings (SSSR count). The number of halogens is 1. The van der Waals surface area contributed by atoms with Gasteiger partial charge in [0.25, 0.3) is 0 Å². The third kappa shape index (κ3) is 4.21. The van der Waals surface area contributed by atoms with Crippen molar-refractivity contribution in [1.29, 1.82) is 0 Å². The Bertz CT molecular complexity index is 860. The van der Waals surface area contributed by atoms with Gasteiger partial charge in [-0.05, 0) is 23.6 Å². The highest BCUT2D eigenvalue weighted by Gasteiger charge is 2.09. The van der Waals surface area contributed by atoms with Crippen LogP contribution < -0.4 is 10.6 Å². The zero-order chi connectivity index (χ0) is 17.8. The van der Waals surface area contributed by atoms with Gasteiger partial charge in [0.15, 0.2) is 5.13 Å². The van der Waals surface area contributed by atoms with E-state index in [4.69, 9.17) is 0 Å². The van der Waals surface area contributed by atoms with Crippen LogP contribution in [-0.4, -0.2) is 20.6 Å². The van der Waals surface area contributed by atoms with Gasteiger partial charge in [-0.3, -0.25) is 5.32 Å². The number of thiazole rings is 1. The van der Waals surface area contributed by atoms with Crippen LogP contribution in [0.1, 0.15) is 30.2 Å². The van der Waals surface area contributed by atoms with Crippen molar-refractivity contribution in [3.63, 3.8) is 0 Å². The molecule has 2 amide bonds. The minimum absolute atomic E-state index is 0.218. The first-order valence-corrected chi connectivity index (χ1v) is 8.62. The largest absolute Gasteiger partial charge is 0.334 e. The average molecular weight is 359 g/mol. The van der Waals surface area contributed by atoms with Gasteiger partial charge >= 0.3 is 6.03 Å². The van der Waals surface area contributed by atoms with E-state index in [0.29, 0.717) is 22.3 Å². The maximum atomic E-state index is 14.2. The minimum atomic E-state index is -0.376. The Labute approximate surface area is 148 Å². The lowest BCUT2D eigenvalue weighted by molar-refractivity contribution is 0.251. The second kappa shape index (κ2) is 7.43. The molecule has 0 saturated carbocycles. The number of urea groups is 1. The predicted molar refractivity (Wildman–Crippen MR) is 95.6 cm³/mol. The molecular weight excluding hydrogens is 341 g/mol. The van der Waals surface area contributed by atoms with Crippen molar-refractivity contribution in [2.75, 3.05) is 5.32 Å². The molecule has 0 aliphatic carbocycles. The molecule has 0 bridgehead atoms. The van der Waals surface area contributed by atoms with Crippen molar-refractivity contribution in [2.45, 2.75) is 26.3 Å². The SMILES string of the molecule is CC(C)c1cnc(NC(=O)NCc2ccc(-n3ccnc3)c(F)c2)s1. The molecule has 2 N–H and O–H groups in total. The molecule has 0 fully saturated rings. The zero-order valence-electron chi connectivity index (χ0n) is 13.9. The van der Waals surface area contributed by atoms with Crippen LogP contribution >= 0.6 is 11.3 Å². The molecule has 6 nitrogen and oxygen atoms in total. The number of rotatable bonds is 5. The second-order valence-corrected chi connectivity index (χ2v) is 6.85. The number of carbonyl (C=O) groups is 1. The highest BCUT2D eigenvalue weighted by atomic mass is 32.1. The minimum Gasteiger partial charge on any atom is -0.334 e. The van der Waals surface area contributed by atoms with Crippen LogP contribution in [0.2, 0.25) is 0 Å². The predicted octanol–water partition coefficient (Wildman–Crippen LogP) is 3.91. The Kier molecular flexibility index (Phi) is 5.08. The van der Waals surface area contributed by atoms with Gasteiger partial charge in [-0.2, -0.15) is 0 Å². The van der Waals surface area contributed by atoms with E-state index in [1.807, 2.05) is 0 Å². The van der Waals surface area contributed by atoms with Crippen molar-refractivity contribution < 1.29 is 9.18 Å². The molecule has 3 aromatic rings. The number of benzene rings is 1. The van der Waals surface area contributed by atoms with E-state index in [1.54, 1.807) is 35.3 Å². The summed E-state index contributed by atoms with van der Waals surface area (Å²) in [7, 11) is 0. The van der Waals surface area contributed by atoms with Gasteiger partial charge in [0.05, 0.1) is 12.0 Å². The molecular formula is C17H18FN5OS. The number of nitrogens with one attached hydrogen (secondary N) is 2. The summed E-state index contributed by atoms with van der Waals surface area (Å²) in [6.07, 6.45) is 6.55. The van der Waals surface area contributed by atoms with Gasteiger partial charge in [-0.15, -0.1) is 11.3 Å². The Morgan fingerprint density at radius 2 is 2.24 bits per heavy atom. The maximum absolute atomic E-state index is 14.2. The molecule has 0 saturated heterocycles. The van der Waals surface area contributed by atoms with Crippen LogP contribution in [0, 0.1) is 5.82 Å². The third-order valence-corrected chi connectivity index (χ3v) is 4.77. The molecule has 0 radical (unpaired) electrons. The molecule has 0 unspecified atom stereocenters. The lowest BCUT2D eigenvalue weighted by atomic mass is 10.2. The molecule has 130 valence electrons. The maximum Gasteiger partial charge on any atom is 0.321 e. The second-order valence-electron chi connectivity index (χ2n) is 5.79. The van der Waals surface area contributed by atoms with Crippen molar-refractivity contribution in [3.8, 4) is 5.69 Å². The molecule has 1 aromatic carbocycles. The smallest absolute Gasteiger partial charge is 0.321 e. The van der Waals surface area contributed by atoms with Crippen LogP contribution in [0.5, 0.6) is 0 Å². The highest BCUT2D eigenvalue weighted by molar-refractivity contribution is 7.15. The Hall–Kier alpha value is -2.74. The van der Waals surface area contributed by atoms with Gasteiger partial charge in [0.2, 0.25) is 0 Å². The third-order valence-electron chi connectivity index (χ3n) is 3.56. The first-order valence-electron chi connectivity index (χ1n) is 7.80. The van der Waals surface area contributed by atoms with Gasteiger partial charge < -0.3 is 9.88 Å². The van der Waals surface area contributed by atoms with Gasteiger partial charge in [0.1, 0.15) is 5.82 Å². The molecule has 25 heavy (non-hydrogen) atoms. The molecule has 8 heteroatoms. The fourth-order valence-electron chi connectivity index (χ4n) is 2.21. The summed E-state index contributed by atoms with van der Waals surface area (Å²) in [4.78, 5) is 21.1. The first kappa shape index (κ1) is 17.1. The number of hydrogen-bond donors (Lipinski definition) is 2. The molecule has 2 aromatic heterocycles. The van der Waals surface area contributed by atoms with E-state index < -0.39 is 0 Å². The summed E-state index contributed by atoms with van der Waals surface area (Å²) >= 11 is 1.44. The van der Waals surface area contributed by atoms with Crippen molar-refractivity contribution in [3.05, 3.63) is 59.4 Å². The number of amides is 2. The fraction of sp³-hybridized carbons (Fsp3) is 0.235. The lowest BCUT2D eigenvalue weighted by Crippen LogP contribution is -2.28. The molecule has 0 aliphatic rings. The molecule has 0 atom stereocenters. The number of carbonyl (C=O) groups excluding carboxylic acids is 1. The van der Waals surface area contributed by atoms with Gasteiger partial charge in [-0.1, -0.05) is 19.9 Å². The van der Waals surface area contributed by atoms with E-state index in [0.717, 1.165) is 4.88 Å². The quantitative estimate of drug-likeness (QED) is 0.725. The fourth-order valence-corrected chi connectivity index (χ4v) is 3.02. The van der Waals surface area contributed by atoms with Crippen molar-refractivity contribution in [1.82, 2.24) is 19.9 Å². The van der Waals surface area contributed by atoms with Crippen LogP contribution in [0.15, 0.2) is 43.1 Å². The van der Waals surface area contributed by atoms with Crippen LogP contribution in [0.3, 0.4) is 0 Å². The number of anilines is 1. The summed E-state index contributed by atoms with van der Waals surface area (Å²) in [6, 6.07) is 4.44. The molecule has 2 heterocycles. The number of hydrogen-bond acceptors (Lipinski definition) is 4.